The average Bonchev–Trinajstić information content (AvgIpc) is 2.11. The summed E-state index contributed by atoms with van der Waals surface area (Å²) in [6.07, 6.45) is -13.4. The molecular formula is C6Cl4F10O. The molecule has 0 atom stereocenters. The first-order chi connectivity index (χ1) is 8.71. The SMILES string of the molecule is FC(Cl)(Cl)C(F)(F)C(F)(F)OC(F)(F)C(F)(F)C(F)(Cl)Cl. The molecule has 0 aliphatic carbocycles. The van der Waals surface area contributed by atoms with Crippen molar-refractivity contribution in [3.8, 4) is 0 Å². The standard InChI is InChI=1S/C6Cl4F10O/c7-3(8,15)1(11,12)5(17,18)21-6(19,20)2(13,14)4(9,10)16. The van der Waals surface area contributed by atoms with Crippen molar-refractivity contribution in [3.05, 3.63) is 0 Å². The molecule has 0 aromatic heterocycles. The first-order valence-corrected chi connectivity index (χ1v) is 5.57. The first kappa shape index (κ1) is 21.4. The fourth-order valence-corrected chi connectivity index (χ4v) is 1.06. The second kappa shape index (κ2) is 5.50. The summed E-state index contributed by atoms with van der Waals surface area (Å²) in [5, 5.41) is 0. The maximum absolute atomic E-state index is 12.7. The summed E-state index contributed by atoms with van der Waals surface area (Å²) in [7, 11) is 0. The molecule has 0 amide bonds. The highest BCUT2D eigenvalue weighted by Crippen LogP contribution is 2.56. The van der Waals surface area contributed by atoms with Gasteiger partial charge in [-0.1, -0.05) is 46.4 Å². The minimum Gasteiger partial charge on any atom is -0.245 e. The van der Waals surface area contributed by atoms with E-state index in [1.165, 1.54) is 0 Å². The van der Waals surface area contributed by atoms with Crippen LogP contribution in [-0.2, 0) is 4.74 Å². The number of hydrogen-bond acceptors (Lipinski definition) is 1. The zero-order valence-corrected chi connectivity index (χ0v) is 11.7. The summed E-state index contributed by atoms with van der Waals surface area (Å²) in [5.74, 6) is -12.9. The predicted octanol–water partition coefficient (Wildman–Crippen LogP) is 5.66. The lowest BCUT2D eigenvalue weighted by Crippen LogP contribution is -2.60. The second-order valence-electron chi connectivity index (χ2n) is 3.28. The molecule has 0 heterocycles. The van der Waals surface area contributed by atoms with Gasteiger partial charge in [0.05, 0.1) is 0 Å². The largest absolute Gasteiger partial charge is 0.430 e. The third kappa shape index (κ3) is 3.85. The van der Waals surface area contributed by atoms with Crippen LogP contribution in [0.25, 0.3) is 0 Å². The van der Waals surface area contributed by atoms with Gasteiger partial charge in [0.15, 0.2) is 0 Å². The molecule has 0 aromatic carbocycles. The molecule has 15 heteroatoms. The van der Waals surface area contributed by atoms with Crippen LogP contribution in [-0.4, -0.2) is 33.2 Å². The fourth-order valence-electron chi connectivity index (χ4n) is 0.619. The van der Waals surface area contributed by atoms with Crippen molar-refractivity contribution < 1.29 is 48.6 Å². The summed E-state index contributed by atoms with van der Waals surface area (Å²) in [4.78, 5) is 0. The van der Waals surface area contributed by atoms with E-state index in [9.17, 15) is 43.9 Å². The van der Waals surface area contributed by atoms with E-state index in [1.807, 2.05) is 4.74 Å². The summed E-state index contributed by atoms with van der Waals surface area (Å²) in [6, 6.07) is 0. The maximum Gasteiger partial charge on any atom is 0.430 e. The number of hydrogen-bond donors (Lipinski definition) is 0. The van der Waals surface area contributed by atoms with Crippen molar-refractivity contribution in [2.75, 3.05) is 0 Å². The van der Waals surface area contributed by atoms with E-state index in [1.54, 1.807) is 0 Å². The molecule has 0 saturated heterocycles. The monoisotopic (exact) mass is 418 g/mol. The summed E-state index contributed by atoms with van der Waals surface area (Å²) >= 11 is 15.9. The molecule has 128 valence electrons. The molecule has 0 spiro atoms. The molecular weight excluding hydrogens is 420 g/mol. The van der Waals surface area contributed by atoms with Gasteiger partial charge in [-0.05, 0) is 0 Å². The molecule has 0 unspecified atom stereocenters. The van der Waals surface area contributed by atoms with Crippen LogP contribution in [0, 0.1) is 0 Å². The van der Waals surface area contributed by atoms with E-state index in [4.69, 9.17) is 0 Å². The Morgan fingerprint density at radius 1 is 0.476 bits per heavy atom. The smallest absolute Gasteiger partial charge is 0.245 e. The van der Waals surface area contributed by atoms with Crippen LogP contribution in [0.2, 0.25) is 0 Å². The highest BCUT2D eigenvalue weighted by molar-refractivity contribution is 6.48. The minimum absolute atomic E-state index is 1.82. The van der Waals surface area contributed by atoms with Crippen molar-refractivity contribution in [2.45, 2.75) is 33.2 Å². The van der Waals surface area contributed by atoms with Crippen molar-refractivity contribution in [1.82, 2.24) is 0 Å². The van der Waals surface area contributed by atoms with Crippen molar-refractivity contribution in [3.63, 3.8) is 0 Å². The van der Waals surface area contributed by atoms with Crippen LogP contribution in [0.3, 0.4) is 0 Å². The number of halogens is 14. The van der Waals surface area contributed by atoms with Gasteiger partial charge in [0.2, 0.25) is 0 Å². The van der Waals surface area contributed by atoms with Gasteiger partial charge >= 0.3 is 33.2 Å². The predicted molar refractivity (Wildman–Crippen MR) is 52.0 cm³/mol. The lowest BCUT2D eigenvalue weighted by molar-refractivity contribution is -0.475. The summed E-state index contributed by atoms with van der Waals surface area (Å²) in [5.41, 5.74) is 0. The lowest BCUT2D eigenvalue weighted by Gasteiger charge is -2.35. The number of alkyl halides is 14. The van der Waals surface area contributed by atoms with Crippen LogP contribution in [0.4, 0.5) is 43.9 Å². The highest BCUT2D eigenvalue weighted by Gasteiger charge is 2.79. The Balaban J connectivity index is 5.65. The molecule has 0 aliphatic heterocycles. The zero-order chi connectivity index (χ0) is 17.7. The van der Waals surface area contributed by atoms with Gasteiger partial charge in [0.25, 0.3) is 0 Å². The molecule has 0 aliphatic rings. The Morgan fingerprint density at radius 3 is 0.810 bits per heavy atom. The van der Waals surface area contributed by atoms with Gasteiger partial charge < -0.3 is 0 Å². The van der Waals surface area contributed by atoms with Gasteiger partial charge in [-0.3, -0.25) is 0 Å². The van der Waals surface area contributed by atoms with Gasteiger partial charge in [-0.15, -0.1) is 0 Å². The Morgan fingerprint density at radius 2 is 0.667 bits per heavy atom. The Kier molecular flexibility index (Phi) is 5.61. The van der Waals surface area contributed by atoms with E-state index < -0.39 is 33.2 Å². The third-order valence-corrected chi connectivity index (χ3v) is 2.65. The van der Waals surface area contributed by atoms with Crippen molar-refractivity contribution in [2.24, 2.45) is 0 Å². The zero-order valence-electron chi connectivity index (χ0n) is 8.70. The summed E-state index contributed by atoms with van der Waals surface area (Å²) < 4.78 is 118. The van der Waals surface area contributed by atoms with Crippen LogP contribution < -0.4 is 0 Å². The van der Waals surface area contributed by atoms with Gasteiger partial charge in [0.1, 0.15) is 0 Å². The average molecular weight is 420 g/mol. The third-order valence-electron chi connectivity index (χ3n) is 1.70. The highest BCUT2D eigenvalue weighted by atomic mass is 35.5. The van der Waals surface area contributed by atoms with Crippen LogP contribution in [0.1, 0.15) is 0 Å². The Hall–Kier alpha value is 0.420. The van der Waals surface area contributed by atoms with Crippen molar-refractivity contribution >= 4 is 46.4 Å². The number of ether oxygens (including phenoxy) is 1. The normalized spacial score (nSPS) is 16.3. The lowest BCUT2D eigenvalue weighted by atomic mass is 10.3. The molecule has 0 N–H and O–H groups in total. The molecule has 0 aromatic rings. The molecule has 0 radical (unpaired) electrons. The van der Waals surface area contributed by atoms with Crippen molar-refractivity contribution in [1.29, 1.82) is 0 Å². The molecule has 0 rings (SSSR count). The first-order valence-electron chi connectivity index (χ1n) is 4.05. The number of rotatable bonds is 6. The van der Waals surface area contributed by atoms with Crippen LogP contribution in [0.15, 0.2) is 0 Å². The van der Waals surface area contributed by atoms with E-state index in [2.05, 4.69) is 46.4 Å². The topological polar surface area (TPSA) is 9.23 Å². The Bertz CT molecular complexity index is 350. The second-order valence-corrected chi connectivity index (χ2v) is 5.75. The Labute approximate surface area is 129 Å². The molecule has 0 saturated carbocycles. The molecule has 0 bridgehead atoms. The van der Waals surface area contributed by atoms with E-state index in [-0.39, 0.29) is 0 Å². The van der Waals surface area contributed by atoms with Gasteiger partial charge in [-0.2, -0.15) is 35.1 Å². The van der Waals surface area contributed by atoms with E-state index in [0.29, 0.717) is 0 Å². The molecule has 1 nitrogen and oxygen atoms in total. The van der Waals surface area contributed by atoms with Gasteiger partial charge in [-0.25, -0.2) is 13.5 Å². The molecule has 21 heavy (non-hydrogen) atoms. The van der Waals surface area contributed by atoms with Gasteiger partial charge in [0, 0.05) is 0 Å². The quantitative estimate of drug-likeness (QED) is 0.398. The minimum atomic E-state index is -6.70. The fraction of sp³-hybridized carbons (Fsp3) is 1.00. The van der Waals surface area contributed by atoms with E-state index >= 15 is 0 Å². The molecule has 0 fully saturated rings. The van der Waals surface area contributed by atoms with Crippen LogP contribution >= 0.6 is 46.4 Å². The summed E-state index contributed by atoms with van der Waals surface area (Å²) in [6.45, 7) is 0. The van der Waals surface area contributed by atoms with E-state index in [0.717, 1.165) is 0 Å². The maximum atomic E-state index is 12.7. The van der Waals surface area contributed by atoms with Crippen LogP contribution in [0.5, 0.6) is 0 Å².